The molecule has 0 bridgehead atoms. The van der Waals surface area contributed by atoms with E-state index in [4.69, 9.17) is 9.47 Å². The zero-order chi connectivity index (χ0) is 15.1. The van der Waals surface area contributed by atoms with E-state index in [9.17, 15) is 4.79 Å². The van der Waals surface area contributed by atoms with E-state index in [-0.39, 0.29) is 5.91 Å². The maximum atomic E-state index is 12.1. The van der Waals surface area contributed by atoms with Crippen LogP contribution in [-0.4, -0.2) is 51.2 Å². The Morgan fingerprint density at radius 1 is 1.33 bits per heavy atom. The second kappa shape index (κ2) is 7.88. The van der Waals surface area contributed by atoms with Crippen molar-refractivity contribution in [3.63, 3.8) is 0 Å². The summed E-state index contributed by atoms with van der Waals surface area (Å²) in [5.41, 5.74) is 0. The fourth-order valence-electron chi connectivity index (χ4n) is 2.39. The van der Waals surface area contributed by atoms with Gasteiger partial charge in [-0.25, -0.2) is 0 Å². The molecule has 0 spiro atoms. The number of nitrogens with zero attached hydrogens (tertiary/aromatic N) is 1. The highest BCUT2D eigenvalue weighted by Crippen LogP contribution is 2.17. The first-order valence-corrected chi connectivity index (χ1v) is 7.40. The Kier molecular flexibility index (Phi) is 5.87. The predicted octanol–water partition coefficient (Wildman–Crippen LogP) is 1.53. The number of carbonyl (C=O) groups is 1. The van der Waals surface area contributed by atoms with Crippen molar-refractivity contribution in [2.75, 3.05) is 40.4 Å². The normalized spacial score (nSPS) is 17.5. The minimum absolute atomic E-state index is 0.196. The topological polar surface area (TPSA) is 50.8 Å². The van der Waals surface area contributed by atoms with Crippen molar-refractivity contribution in [3.05, 3.63) is 24.3 Å². The first kappa shape index (κ1) is 15.6. The average Bonchev–Trinajstić information content (AvgIpc) is 3.00. The fraction of sp³-hybridized carbons (Fsp3) is 0.562. The molecule has 1 unspecified atom stereocenters. The van der Waals surface area contributed by atoms with Crippen molar-refractivity contribution in [2.24, 2.45) is 5.92 Å². The molecule has 5 heteroatoms. The summed E-state index contributed by atoms with van der Waals surface area (Å²) in [7, 11) is 3.47. The number of hydrogen-bond acceptors (Lipinski definition) is 4. The van der Waals surface area contributed by atoms with E-state index < -0.39 is 0 Å². The molecule has 0 aliphatic carbocycles. The molecule has 2 rings (SSSR count). The van der Waals surface area contributed by atoms with Gasteiger partial charge >= 0.3 is 0 Å². The average molecular weight is 292 g/mol. The molecular formula is C16H24N2O3. The maximum absolute atomic E-state index is 12.1. The second-order valence-electron chi connectivity index (χ2n) is 5.40. The first-order valence-electron chi connectivity index (χ1n) is 7.40. The van der Waals surface area contributed by atoms with Gasteiger partial charge in [-0.3, -0.25) is 4.79 Å². The van der Waals surface area contributed by atoms with Gasteiger partial charge in [0.25, 0.3) is 0 Å². The molecule has 1 atom stereocenters. The van der Waals surface area contributed by atoms with Gasteiger partial charge in [0, 0.05) is 13.5 Å². The van der Waals surface area contributed by atoms with Crippen LogP contribution in [0.3, 0.4) is 0 Å². The maximum Gasteiger partial charge on any atom is 0.222 e. The van der Waals surface area contributed by atoms with Crippen LogP contribution in [0.25, 0.3) is 0 Å². The number of ether oxygens (including phenoxy) is 2. The Bertz CT molecular complexity index is 441. The van der Waals surface area contributed by atoms with E-state index in [0.29, 0.717) is 25.5 Å². The Hall–Kier alpha value is -1.75. The highest BCUT2D eigenvalue weighted by atomic mass is 16.5. The van der Waals surface area contributed by atoms with Gasteiger partial charge in [0.1, 0.15) is 18.1 Å². The molecule has 1 aromatic rings. The van der Waals surface area contributed by atoms with Crippen LogP contribution in [0, 0.1) is 5.92 Å². The van der Waals surface area contributed by atoms with Crippen molar-refractivity contribution < 1.29 is 14.3 Å². The highest BCUT2D eigenvalue weighted by Gasteiger charge is 2.19. The van der Waals surface area contributed by atoms with E-state index in [2.05, 4.69) is 5.32 Å². The van der Waals surface area contributed by atoms with Crippen LogP contribution >= 0.6 is 0 Å². The molecule has 1 N–H and O–H groups in total. The number of carbonyl (C=O) groups excluding carboxylic acids is 1. The van der Waals surface area contributed by atoms with E-state index in [1.54, 1.807) is 12.0 Å². The van der Waals surface area contributed by atoms with E-state index in [0.717, 1.165) is 31.0 Å². The smallest absolute Gasteiger partial charge is 0.222 e. The number of amides is 1. The minimum atomic E-state index is 0.196. The van der Waals surface area contributed by atoms with Crippen molar-refractivity contribution in [1.29, 1.82) is 0 Å². The van der Waals surface area contributed by atoms with Gasteiger partial charge in [0.2, 0.25) is 5.91 Å². The standard InChI is InChI=1S/C16H24N2O3/c1-18(16(19)11-13-7-8-17-12-13)9-10-21-15-5-3-14(20-2)4-6-15/h3-6,13,17H,7-12H2,1-2H3. The quantitative estimate of drug-likeness (QED) is 0.828. The van der Waals surface area contributed by atoms with Crippen molar-refractivity contribution in [1.82, 2.24) is 10.2 Å². The zero-order valence-corrected chi connectivity index (χ0v) is 12.8. The lowest BCUT2D eigenvalue weighted by Crippen LogP contribution is -2.32. The Balaban J connectivity index is 1.67. The molecule has 1 aliphatic heterocycles. The van der Waals surface area contributed by atoms with Crippen molar-refractivity contribution in [2.45, 2.75) is 12.8 Å². The largest absolute Gasteiger partial charge is 0.497 e. The third-order valence-electron chi connectivity index (χ3n) is 3.81. The summed E-state index contributed by atoms with van der Waals surface area (Å²) in [5, 5.41) is 3.28. The molecule has 1 heterocycles. The lowest BCUT2D eigenvalue weighted by atomic mass is 10.0. The van der Waals surface area contributed by atoms with Crippen LogP contribution in [0.4, 0.5) is 0 Å². The number of nitrogens with one attached hydrogen (secondary N) is 1. The van der Waals surface area contributed by atoms with Gasteiger partial charge in [-0.2, -0.15) is 0 Å². The molecule has 1 aliphatic rings. The third kappa shape index (κ3) is 4.93. The lowest BCUT2D eigenvalue weighted by molar-refractivity contribution is -0.131. The Morgan fingerprint density at radius 2 is 2.05 bits per heavy atom. The van der Waals surface area contributed by atoms with Gasteiger partial charge in [-0.1, -0.05) is 0 Å². The summed E-state index contributed by atoms with van der Waals surface area (Å²) in [4.78, 5) is 13.8. The molecule has 1 fully saturated rings. The summed E-state index contributed by atoms with van der Waals surface area (Å²) in [6.45, 7) is 3.09. The SMILES string of the molecule is COc1ccc(OCCN(C)C(=O)CC2CCNC2)cc1. The van der Waals surface area contributed by atoms with E-state index in [1.165, 1.54) is 0 Å². The summed E-state index contributed by atoms with van der Waals surface area (Å²) >= 11 is 0. The number of methoxy groups -OCH3 is 1. The number of rotatable bonds is 7. The summed E-state index contributed by atoms with van der Waals surface area (Å²) < 4.78 is 10.7. The van der Waals surface area contributed by atoms with Crippen LogP contribution in [0.15, 0.2) is 24.3 Å². The summed E-state index contributed by atoms with van der Waals surface area (Å²) in [6, 6.07) is 7.45. The summed E-state index contributed by atoms with van der Waals surface area (Å²) in [5.74, 6) is 2.28. The Morgan fingerprint density at radius 3 is 2.67 bits per heavy atom. The van der Waals surface area contributed by atoms with Gasteiger partial charge in [0.15, 0.2) is 0 Å². The molecule has 0 radical (unpaired) electrons. The van der Waals surface area contributed by atoms with Crippen LogP contribution in [0.2, 0.25) is 0 Å². The van der Waals surface area contributed by atoms with Crippen molar-refractivity contribution >= 4 is 5.91 Å². The highest BCUT2D eigenvalue weighted by molar-refractivity contribution is 5.76. The number of hydrogen-bond donors (Lipinski definition) is 1. The second-order valence-corrected chi connectivity index (χ2v) is 5.40. The van der Waals surface area contributed by atoms with Gasteiger partial charge in [0.05, 0.1) is 13.7 Å². The number of benzene rings is 1. The molecule has 116 valence electrons. The van der Waals surface area contributed by atoms with Crippen LogP contribution < -0.4 is 14.8 Å². The molecule has 21 heavy (non-hydrogen) atoms. The molecule has 0 aromatic heterocycles. The number of likely N-dealkylation sites (N-methyl/N-ethyl adjacent to an activating group) is 1. The zero-order valence-electron chi connectivity index (χ0n) is 12.8. The first-order chi connectivity index (χ1) is 10.2. The summed E-state index contributed by atoms with van der Waals surface area (Å²) in [6.07, 6.45) is 1.73. The van der Waals surface area contributed by atoms with Gasteiger partial charge in [-0.15, -0.1) is 0 Å². The predicted molar refractivity (Wildman–Crippen MR) is 81.7 cm³/mol. The van der Waals surface area contributed by atoms with Crippen LogP contribution in [-0.2, 0) is 4.79 Å². The van der Waals surface area contributed by atoms with Gasteiger partial charge in [-0.05, 0) is 49.7 Å². The molecule has 1 saturated heterocycles. The fourth-order valence-corrected chi connectivity index (χ4v) is 2.39. The molecule has 1 amide bonds. The van der Waals surface area contributed by atoms with E-state index >= 15 is 0 Å². The van der Waals surface area contributed by atoms with E-state index in [1.807, 2.05) is 31.3 Å². The third-order valence-corrected chi connectivity index (χ3v) is 3.81. The minimum Gasteiger partial charge on any atom is -0.497 e. The lowest BCUT2D eigenvalue weighted by Gasteiger charge is -2.19. The Labute approximate surface area is 126 Å². The molecular weight excluding hydrogens is 268 g/mol. The monoisotopic (exact) mass is 292 g/mol. The molecule has 1 aromatic carbocycles. The molecule has 0 saturated carbocycles. The van der Waals surface area contributed by atoms with Crippen molar-refractivity contribution in [3.8, 4) is 11.5 Å². The van der Waals surface area contributed by atoms with Crippen LogP contribution in [0.5, 0.6) is 11.5 Å². The molecule has 5 nitrogen and oxygen atoms in total. The van der Waals surface area contributed by atoms with Gasteiger partial charge < -0.3 is 19.7 Å². The van der Waals surface area contributed by atoms with Crippen LogP contribution in [0.1, 0.15) is 12.8 Å².